The fraction of sp³-hybridized carbons (Fsp3) is 0.478. The number of hydrogen-bond acceptors (Lipinski definition) is 3. The fourth-order valence-corrected chi connectivity index (χ4v) is 5.36. The van der Waals surface area contributed by atoms with Gasteiger partial charge in [0.05, 0.1) is 24.3 Å². The van der Waals surface area contributed by atoms with E-state index in [-0.39, 0.29) is 29.0 Å². The molecule has 1 aromatic rings. The molecule has 1 aromatic carbocycles. The van der Waals surface area contributed by atoms with Crippen molar-refractivity contribution < 1.29 is 32.6 Å². The first-order chi connectivity index (χ1) is 15.2. The van der Waals surface area contributed by atoms with Gasteiger partial charge in [-0.2, -0.15) is 13.2 Å². The number of anilines is 1. The number of likely N-dealkylation sites (tertiary alicyclic amines) is 1. The molecule has 3 unspecified atom stereocenters. The van der Waals surface area contributed by atoms with Gasteiger partial charge in [-0.3, -0.25) is 0 Å². The molecule has 4 rings (SSSR count). The highest BCUT2D eigenvalue weighted by atomic mass is 19.4. The molecule has 2 amide bonds. The first kappa shape index (κ1) is 22.2. The van der Waals surface area contributed by atoms with E-state index in [4.69, 9.17) is 4.74 Å². The second-order valence-electron chi connectivity index (χ2n) is 8.72. The van der Waals surface area contributed by atoms with Crippen LogP contribution in [0.5, 0.6) is 5.75 Å². The molecule has 2 fully saturated rings. The van der Waals surface area contributed by atoms with Crippen LogP contribution in [0, 0.1) is 29.6 Å². The number of fused-ring (bicyclic) bond motifs is 1. The maximum atomic E-state index is 13.5. The number of carboxylic acid groups (broad SMARTS) is 1. The van der Waals surface area contributed by atoms with Crippen LogP contribution < -0.4 is 10.1 Å². The van der Waals surface area contributed by atoms with Crippen molar-refractivity contribution in [2.24, 2.45) is 29.6 Å². The lowest BCUT2D eigenvalue weighted by atomic mass is 9.77. The first-order valence-electron chi connectivity index (χ1n) is 10.6. The summed E-state index contributed by atoms with van der Waals surface area (Å²) in [7, 11) is 1.42. The number of carbonyl (C=O) groups excluding carboxylic acids is 1. The van der Waals surface area contributed by atoms with Crippen LogP contribution in [0.1, 0.15) is 23.2 Å². The standard InChI is InChI=1S/C23H25F3N2O4/c1-32-16-6-7-20(18(10-16)21(29)30)27-22(31)28-11-14-8-13(9-15(14)12-28)17-4-2-3-5-19(17)23(24,25)26/h2-7,10,13-15,17,19H,8-9,11-12H2,1H3,(H,27,31)(H,29,30)/t13?,14-,15+,17?,19?. The van der Waals surface area contributed by atoms with Gasteiger partial charge < -0.3 is 20.1 Å². The Kier molecular flexibility index (Phi) is 5.92. The van der Waals surface area contributed by atoms with E-state index in [0.29, 0.717) is 31.7 Å². The van der Waals surface area contributed by atoms with E-state index in [1.807, 2.05) is 0 Å². The molecule has 172 valence electrons. The molecule has 32 heavy (non-hydrogen) atoms. The quantitative estimate of drug-likeness (QED) is 0.691. The van der Waals surface area contributed by atoms with Crippen LogP contribution in [0.4, 0.5) is 23.7 Å². The topological polar surface area (TPSA) is 78.9 Å². The van der Waals surface area contributed by atoms with E-state index in [1.165, 1.54) is 31.4 Å². The Balaban J connectivity index is 1.39. The molecular weight excluding hydrogens is 425 g/mol. The number of alkyl halides is 3. The van der Waals surface area contributed by atoms with Gasteiger partial charge in [0.25, 0.3) is 0 Å². The van der Waals surface area contributed by atoms with Gasteiger partial charge in [-0.15, -0.1) is 0 Å². The van der Waals surface area contributed by atoms with Gasteiger partial charge >= 0.3 is 18.2 Å². The summed E-state index contributed by atoms with van der Waals surface area (Å²) in [5.74, 6) is -2.61. The lowest BCUT2D eigenvalue weighted by Crippen LogP contribution is -2.36. The number of aromatic carboxylic acids is 1. The average molecular weight is 450 g/mol. The molecule has 0 spiro atoms. The lowest BCUT2D eigenvalue weighted by Gasteiger charge is -2.31. The number of hydrogen-bond donors (Lipinski definition) is 2. The number of carbonyl (C=O) groups is 2. The number of nitrogens with one attached hydrogen (secondary N) is 1. The number of benzene rings is 1. The average Bonchev–Trinajstić information content (AvgIpc) is 3.32. The second kappa shape index (κ2) is 8.52. The van der Waals surface area contributed by atoms with Crippen molar-refractivity contribution in [3.8, 4) is 5.75 Å². The summed E-state index contributed by atoms with van der Waals surface area (Å²) in [6.07, 6.45) is 3.09. The summed E-state index contributed by atoms with van der Waals surface area (Å²) < 4.78 is 45.4. The Labute approximate surface area is 183 Å². The number of rotatable bonds is 4. The minimum atomic E-state index is -4.27. The van der Waals surface area contributed by atoms with Crippen molar-refractivity contribution in [3.05, 3.63) is 48.1 Å². The zero-order valence-electron chi connectivity index (χ0n) is 17.5. The molecule has 1 heterocycles. The molecule has 1 saturated heterocycles. The fourth-order valence-electron chi connectivity index (χ4n) is 5.36. The molecule has 2 aliphatic carbocycles. The van der Waals surface area contributed by atoms with Crippen molar-refractivity contribution in [2.45, 2.75) is 19.0 Å². The number of methoxy groups -OCH3 is 1. The monoisotopic (exact) mass is 450 g/mol. The molecule has 9 heteroatoms. The molecule has 3 aliphatic rings. The second-order valence-corrected chi connectivity index (χ2v) is 8.72. The Morgan fingerprint density at radius 1 is 1.09 bits per heavy atom. The maximum absolute atomic E-state index is 13.5. The van der Waals surface area contributed by atoms with Crippen LogP contribution in [0.25, 0.3) is 0 Å². The highest BCUT2D eigenvalue weighted by Crippen LogP contribution is 2.50. The Morgan fingerprint density at radius 2 is 1.75 bits per heavy atom. The Bertz CT molecular complexity index is 945. The van der Waals surface area contributed by atoms with Crippen LogP contribution in [-0.4, -0.2) is 48.4 Å². The Morgan fingerprint density at radius 3 is 2.34 bits per heavy atom. The number of halogens is 3. The van der Waals surface area contributed by atoms with E-state index in [2.05, 4.69) is 5.32 Å². The zero-order valence-corrected chi connectivity index (χ0v) is 17.5. The predicted molar refractivity (Wildman–Crippen MR) is 112 cm³/mol. The molecule has 2 N–H and O–H groups in total. The number of amides is 2. The van der Waals surface area contributed by atoms with Gasteiger partial charge in [0.2, 0.25) is 0 Å². The lowest BCUT2D eigenvalue weighted by molar-refractivity contribution is -0.174. The predicted octanol–water partition coefficient (Wildman–Crippen LogP) is 4.80. The number of nitrogens with zero attached hydrogens (tertiary/aromatic N) is 1. The van der Waals surface area contributed by atoms with Gasteiger partial charge in [0.15, 0.2) is 0 Å². The van der Waals surface area contributed by atoms with E-state index in [9.17, 15) is 27.9 Å². The van der Waals surface area contributed by atoms with Gasteiger partial charge in [-0.05, 0) is 54.7 Å². The van der Waals surface area contributed by atoms with Crippen molar-refractivity contribution in [2.75, 3.05) is 25.5 Å². The van der Waals surface area contributed by atoms with Crippen molar-refractivity contribution in [1.82, 2.24) is 4.90 Å². The van der Waals surface area contributed by atoms with E-state index in [0.717, 1.165) is 0 Å². The van der Waals surface area contributed by atoms with Crippen LogP contribution >= 0.6 is 0 Å². The van der Waals surface area contributed by atoms with Gasteiger partial charge in [-0.1, -0.05) is 24.3 Å². The molecular formula is C23H25F3N2O4. The molecule has 0 radical (unpaired) electrons. The largest absolute Gasteiger partial charge is 0.497 e. The van der Waals surface area contributed by atoms with Gasteiger partial charge in [0.1, 0.15) is 5.75 Å². The molecule has 6 nitrogen and oxygen atoms in total. The van der Waals surface area contributed by atoms with E-state index >= 15 is 0 Å². The third-order valence-corrected chi connectivity index (χ3v) is 6.87. The van der Waals surface area contributed by atoms with Crippen molar-refractivity contribution in [1.29, 1.82) is 0 Å². The first-order valence-corrected chi connectivity index (χ1v) is 10.6. The highest BCUT2D eigenvalue weighted by molar-refractivity contribution is 6.00. The third kappa shape index (κ3) is 4.33. The molecule has 0 bridgehead atoms. The van der Waals surface area contributed by atoms with Crippen LogP contribution in [-0.2, 0) is 0 Å². The van der Waals surface area contributed by atoms with E-state index in [1.54, 1.807) is 23.1 Å². The summed E-state index contributed by atoms with van der Waals surface area (Å²) in [6.45, 7) is 0.906. The van der Waals surface area contributed by atoms with Crippen molar-refractivity contribution >= 4 is 17.7 Å². The molecule has 1 aliphatic heterocycles. The summed E-state index contributed by atoms with van der Waals surface area (Å²) >= 11 is 0. The normalized spacial score (nSPS) is 29.1. The summed E-state index contributed by atoms with van der Waals surface area (Å²) in [5.41, 5.74) is 0.0953. The number of urea groups is 1. The third-order valence-electron chi connectivity index (χ3n) is 6.87. The minimum Gasteiger partial charge on any atom is -0.497 e. The van der Waals surface area contributed by atoms with Crippen LogP contribution in [0.2, 0.25) is 0 Å². The highest BCUT2D eigenvalue weighted by Gasteiger charge is 2.50. The summed E-state index contributed by atoms with van der Waals surface area (Å²) in [4.78, 5) is 25.9. The van der Waals surface area contributed by atoms with Gasteiger partial charge in [0, 0.05) is 13.1 Å². The molecule has 0 aromatic heterocycles. The number of ether oxygens (including phenoxy) is 1. The van der Waals surface area contributed by atoms with Crippen LogP contribution in [0.3, 0.4) is 0 Å². The Hall–Kier alpha value is -2.97. The number of allylic oxidation sites excluding steroid dienone is 4. The minimum absolute atomic E-state index is 0.0664. The maximum Gasteiger partial charge on any atom is 0.395 e. The summed E-state index contributed by atoms with van der Waals surface area (Å²) in [6, 6.07) is 3.98. The smallest absolute Gasteiger partial charge is 0.395 e. The van der Waals surface area contributed by atoms with Gasteiger partial charge in [-0.25, -0.2) is 9.59 Å². The molecule has 5 atom stereocenters. The number of carboxylic acids is 1. The van der Waals surface area contributed by atoms with E-state index < -0.39 is 30.0 Å². The van der Waals surface area contributed by atoms with Crippen LogP contribution in [0.15, 0.2) is 42.5 Å². The SMILES string of the molecule is COc1ccc(NC(=O)N2C[C@H]3CC(C4C=CC=CC4C(F)(F)F)C[C@H]3C2)c(C(=O)O)c1. The zero-order chi connectivity index (χ0) is 23.0. The molecule has 1 saturated carbocycles. The van der Waals surface area contributed by atoms with Crippen molar-refractivity contribution in [3.63, 3.8) is 0 Å². The summed E-state index contributed by atoms with van der Waals surface area (Å²) in [5, 5.41) is 12.1.